The lowest BCUT2D eigenvalue weighted by molar-refractivity contribution is 0.0748. The lowest BCUT2D eigenvalue weighted by Crippen LogP contribution is -2.38. The summed E-state index contributed by atoms with van der Waals surface area (Å²) in [4.78, 5) is 31.0. The third-order valence-corrected chi connectivity index (χ3v) is 5.79. The minimum atomic E-state index is -0.390. The summed E-state index contributed by atoms with van der Waals surface area (Å²) in [7, 11) is 0. The normalized spacial score (nSPS) is 16.2. The molecule has 1 amide bonds. The Kier molecular flexibility index (Phi) is 6.90. The molecule has 0 aliphatic carbocycles. The smallest absolute Gasteiger partial charge is 0.267 e. The Morgan fingerprint density at radius 3 is 2.94 bits per heavy atom. The van der Waals surface area contributed by atoms with Crippen molar-refractivity contribution in [2.45, 2.75) is 58.8 Å². The lowest BCUT2D eigenvalue weighted by Gasteiger charge is -2.16. The fourth-order valence-electron chi connectivity index (χ4n) is 4.08. The van der Waals surface area contributed by atoms with Crippen LogP contribution in [0, 0.1) is 12.3 Å². The van der Waals surface area contributed by atoms with E-state index in [0.29, 0.717) is 49.4 Å². The average Bonchev–Trinajstić information content (AvgIpc) is 3.30. The first kappa shape index (κ1) is 23.1. The largest absolute Gasteiger partial charge is 0.379 e. The SMILES string of the molecule is Cc1ccc2nc3c(cc(C(=O)NC[C@H]4CCCO4)c(=N)n3CCCOC(C)C)c(=O)n2c1. The van der Waals surface area contributed by atoms with Crippen molar-refractivity contribution in [1.29, 1.82) is 5.41 Å². The van der Waals surface area contributed by atoms with Crippen LogP contribution in [0.1, 0.15) is 49.0 Å². The quantitative estimate of drug-likeness (QED) is 0.401. The number of fused-ring (bicyclic) bond motifs is 2. The Bertz CT molecular complexity index is 1290. The molecule has 176 valence electrons. The van der Waals surface area contributed by atoms with Gasteiger partial charge < -0.3 is 19.4 Å². The maximum atomic E-state index is 13.3. The highest BCUT2D eigenvalue weighted by Gasteiger charge is 2.20. The van der Waals surface area contributed by atoms with Gasteiger partial charge in [0.15, 0.2) is 0 Å². The van der Waals surface area contributed by atoms with Crippen LogP contribution in [0.3, 0.4) is 0 Å². The van der Waals surface area contributed by atoms with E-state index in [-0.39, 0.29) is 28.8 Å². The van der Waals surface area contributed by atoms with Crippen LogP contribution >= 0.6 is 0 Å². The van der Waals surface area contributed by atoms with Gasteiger partial charge >= 0.3 is 0 Å². The molecule has 0 radical (unpaired) electrons. The van der Waals surface area contributed by atoms with E-state index in [1.807, 2.05) is 26.8 Å². The van der Waals surface area contributed by atoms with E-state index in [2.05, 4.69) is 10.3 Å². The molecule has 1 aliphatic heterocycles. The van der Waals surface area contributed by atoms with E-state index in [0.717, 1.165) is 18.4 Å². The Morgan fingerprint density at radius 1 is 1.39 bits per heavy atom. The first-order valence-corrected chi connectivity index (χ1v) is 11.5. The fourth-order valence-corrected chi connectivity index (χ4v) is 4.08. The number of nitrogens with zero attached hydrogens (tertiary/aromatic N) is 3. The van der Waals surface area contributed by atoms with Crippen molar-refractivity contribution in [3.05, 3.63) is 51.4 Å². The standard InChI is InChI=1S/C24H31N5O4/c1-15(2)32-11-5-9-28-21(25)18(23(30)26-13-17-6-4-10-33-17)12-19-22(28)27-20-8-7-16(3)14-29(20)24(19)31/h7-8,12,14-15,17,25H,4-6,9-11,13H2,1-3H3,(H,26,30)/t17-/m1/s1. The number of hydrogen-bond donors (Lipinski definition) is 2. The molecule has 9 nitrogen and oxygen atoms in total. The molecule has 1 atom stereocenters. The highest BCUT2D eigenvalue weighted by Crippen LogP contribution is 2.13. The van der Waals surface area contributed by atoms with Gasteiger partial charge in [0.1, 0.15) is 16.8 Å². The molecule has 3 aromatic rings. The summed E-state index contributed by atoms with van der Waals surface area (Å²) in [6, 6.07) is 5.17. The third kappa shape index (κ3) is 4.99. The predicted octanol–water partition coefficient (Wildman–Crippen LogP) is 2.16. The average molecular weight is 454 g/mol. The Morgan fingerprint density at radius 2 is 2.21 bits per heavy atom. The van der Waals surface area contributed by atoms with Gasteiger partial charge in [-0.15, -0.1) is 0 Å². The number of rotatable bonds is 8. The minimum absolute atomic E-state index is 0.0110. The van der Waals surface area contributed by atoms with Crippen molar-refractivity contribution in [3.63, 3.8) is 0 Å². The summed E-state index contributed by atoms with van der Waals surface area (Å²) >= 11 is 0. The van der Waals surface area contributed by atoms with Gasteiger partial charge in [-0.05, 0) is 57.7 Å². The molecule has 2 N–H and O–H groups in total. The Hall–Kier alpha value is -3.04. The van der Waals surface area contributed by atoms with Gasteiger partial charge in [-0.25, -0.2) is 4.98 Å². The number of nitrogens with one attached hydrogen (secondary N) is 2. The van der Waals surface area contributed by atoms with Gasteiger partial charge in [0.25, 0.3) is 11.5 Å². The molecule has 0 saturated carbocycles. The van der Waals surface area contributed by atoms with Gasteiger partial charge in [0.2, 0.25) is 0 Å². The number of hydrogen-bond acceptors (Lipinski definition) is 6. The molecule has 4 heterocycles. The summed E-state index contributed by atoms with van der Waals surface area (Å²) in [6.07, 6.45) is 4.33. The fraction of sp³-hybridized carbons (Fsp3) is 0.500. The molecule has 1 fully saturated rings. The van der Waals surface area contributed by atoms with E-state index in [4.69, 9.17) is 14.9 Å². The highest BCUT2D eigenvalue weighted by atomic mass is 16.5. The number of carbonyl (C=O) groups excluding carboxylic acids is 1. The van der Waals surface area contributed by atoms with Crippen LogP contribution in [0.2, 0.25) is 0 Å². The lowest BCUT2D eigenvalue weighted by atomic mass is 10.1. The highest BCUT2D eigenvalue weighted by molar-refractivity contribution is 5.96. The second-order valence-corrected chi connectivity index (χ2v) is 8.77. The van der Waals surface area contributed by atoms with Crippen molar-refractivity contribution < 1.29 is 14.3 Å². The molecular weight excluding hydrogens is 422 g/mol. The van der Waals surface area contributed by atoms with E-state index < -0.39 is 5.91 Å². The van der Waals surface area contributed by atoms with Crippen molar-refractivity contribution in [2.75, 3.05) is 19.8 Å². The molecular formula is C24H31N5O4. The number of aryl methyl sites for hydroxylation is 2. The maximum Gasteiger partial charge on any atom is 0.267 e. The Labute approximate surface area is 191 Å². The van der Waals surface area contributed by atoms with Gasteiger partial charge in [-0.3, -0.25) is 19.4 Å². The second-order valence-electron chi connectivity index (χ2n) is 8.77. The van der Waals surface area contributed by atoms with E-state index in [1.54, 1.807) is 16.8 Å². The number of carbonyl (C=O) groups is 1. The van der Waals surface area contributed by atoms with Crippen LogP contribution in [-0.4, -0.2) is 51.8 Å². The number of amides is 1. The summed E-state index contributed by atoms with van der Waals surface area (Å²) in [5, 5.41) is 11.9. The van der Waals surface area contributed by atoms with Crippen LogP contribution in [-0.2, 0) is 16.0 Å². The van der Waals surface area contributed by atoms with Gasteiger partial charge in [-0.1, -0.05) is 6.07 Å². The minimum Gasteiger partial charge on any atom is -0.379 e. The molecule has 33 heavy (non-hydrogen) atoms. The molecule has 3 aromatic heterocycles. The topological polar surface area (TPSA) is 111 Å². The Balaban J connectivity index is 1.78. The van der Waals surface area contributed by atoms with E-state index >= 15 is 0 Å². The zero-order chi connectivity index (χ0) is 23.5. The van der Waals surface area contributed by atoms with Crippen molar-refractivity contribution in [2.24, 2.45) is 0 Å². The molecule has 0 aromatic carbocycles. The van der Waals surface area contributed by atoms with Crippen LogP contribution < -0.4 is 16.4 Å². The molecule has 4 rings (SSSR count). The van der Waals surface area contributed by atoms with Gasteiger partial charge in [-0.2, -0.15) is 0 Å². The zero-order valence-corrected chi connectivity index (χ0v) is 19.4. The molecule has 1 saturated heterocycles. The van der Waals surface area contributed by atoms with Crippen molar-refractivity contribution in [3.8, 4) is 0 Å². The maximum absolute atomic E-state index is 13.3. The third-order valence-electron chi connectivity index (χ3n) is 5.79. The monoisotopic (exact) mass is 453 g/mol. The number of aromatic nitrogens is 3. The second kappa shape index (κ2) is 9.84. The first-order valence-electron chi connectivity index (χ1n) is 11.5. The molecule has 0 spiro atoms. The van der Waals surface area contributed by atoms with E-state index in [9.17, 15) is 9.59 Å². The number of ether oxygens (including phenoxy) is 2. The van der Waals surface area contributed by atoms with Crippen LogP contribution in [0.5, 0.6) is 0 Å². The van der Waals surface area contributed by atoms with E-state index in [1.165, 1.54) is 10.5 Å². The van der Waals surface area contributed by atoms with Gasteiger partial charge in [0, 0.05) is 32.5 Å². The van der Waals surface area contributed by atoms with Gasteiger partial charge in [0.05, 0.1) is 23.2 Å². The van der Waals surface area contributed by atoms with Crippen LogP contribution in [0.4, 0.5) is 0 Å². The molecule has 0 unspecified atom stereocenters. The predicted molar refractivity (Wildman–Crippen MR) is 125 cm³/mol. The summed E-state index contributed by atoms with van der Waals surface area (Å²) < 4.78 is 14.4. The summed E-state index contributed by atoms with van der Waals surface area (Å²) in [5.74, 6) is -0.390. The van der Waals surface area contributed by atoms with Crippen LogP contribution in [0.25, 0.3) is 16.7 Å². The zero-order valence-electron chi connectivity index (χ0n) is 19.4. The number of pyridine rings is 2. The summed E-state index contributed by atoms with van der Waals surface area (Å²) in [5.41, 5.74) is 1.74. The van der Waals surface area contributed by atoms with Crippen LogP contribution in [0.15, 0.2) is 29.2 Å². The molecule has 9 heteroatoms. The first-order chi connectivity index (χ1) is 15.8. The molecule has 0 bridgehead atoms. The van der Waals surface area contributed by atoms with Crippen molar-refractivity contribution >= 4 is 22.6 Å². The van der Waals surface area contributed by atoms with Crippen molar-refractivity contribution in [1.82, 2.24) is 19.3 Å². The summed E-state index contributed by atoms with van der Waals surface area (Å²) in [6.45, 7) is 7.83. The molecule has 1 aliphatic rings.